The van der Waals surface area contributed by atoms with Gasteiger partial charge in [-0.15, -0.1) is 0 Å². The third-order valence-electron chi connectivity index (χ3n) is 6.65. The van der Waals surface area contributed by atoms with E-state index in [0.29, 0.717) is 55.1 Å². The number of carbonyl (C=O) groups excluding carboxylic acids is 2. The average molecular weight is 622 g/mol. The van der Waals surface area contributed by atoms with Crippen molar-refractivity contribution in [1.82, 2.24) is 25.2 Å². The van der Waals surface area contributed by atoms with E-state index in [9.17, 15) is 14.4 Å². The van der Waals surface area contributed by atoms with E-state index >= 15 is 0 Å². The summed E-state index contributed by atoms with van der Waals surface area (Å²) in [6, 6.07) is 9.51. The number of aromatic nitrogens is 3. The first-order valence-corrected chi connectivity index (χ1v) is 14.4. The van der Waals surface area contributed by atoms with E-state index < -0.39 is 17.7 Å². The minimum atomic E-state index is -1.03. The largest absolute Gasteiger partial charge is 0.478 e. The summed E-state index contributed by atoms with van der Waals surface area (Å²) in [6.45, 7) is 8.19. The lowest BCUT2D eigenvalue weighted by Gasteiger charge is -2.35. The number of ether oxygens (including phenoxy) is 1. The van der Waals surface area contributed by atoms with Crippen molar-refractivity contribution < 1.29 is 24.2 Å². The third kappa shape index (κ3) is 9.14. The Hall–Kier alpha value is -4.71. The highest BCUT2D eigenvalue weighted by atomic mass is 35.5. The van der Waals surface area contributed by atoms with Gasteiger partial charge in [-0.1, -0.05) is 29.8 Å². The van der Waals surface area contributed by atoms with Crippen LogP contribution in [0, 0.1) is 0 Å². The number of amides is 2. The van der Waals surface area contributed by atoms with Gasteiger partial charge in [-0.05, 0) is 55.7 Å². The lowest BCUT2D eigenvalue weighted by molar-refractivity contribution is -0.131. The number of rotatable bonds is 9. The van der Waals surface area contributed by atoms with Crippen molar-refractivity contribution in [1.29, 1.82) is 0 Å². The molecule has 13 heteroatoms. The van der Waals surface area contributed by atoms with E-state index in [-0.39, 0.29) is 12.5 Å². The van der Waals surface area contributed by atoms with Gasteiger partial charge in [-0.3, -0.25) is 4.79 Å². The van der Waals surface area contributed by atoms with E-state index in [2.05, 4.69) is 30.1 Å². The van der Waals surface area contributed by atoms with Gasteiger partial charge in [0.25, 0.3) is 0 Å². The number of piperazine rings is 1. The maximum atomic E-state index is 12.5. The molecular formula is C31H36ClN7O5. The van der Waals surface area contributed by atoms with Crippen LogP contribution >= 0.6 is 11.6 Å². The Morgan fingerprint density at radius 3 is 2.34 bits per heavy atom. The third-order valence-corrected chi connectivity index (χ3v) is 6.93. The molecule has 1 aliphatic heterocycles. The molecule has 0 aliphatic carbocycles. The van der Waals surface area contributed by atoms with Crippen LogP contribution in [0.5, 0.6) is 0 Å². The van der Waals surface area contributed by atoms with Gasteiger partial charge in [-0.2, -0.15) is 0 Å². The molecule has 0 radical (unpaired) electrons. The zero-order valence-electron chi connectivity index (χ0n) is 25.2. The number of carboxylic acids is 1. The number of benzene rings is 1. The fourth-order valence-electron chi connectivity index (χ4n) is 4.50. The molecular weight excluding hydrogens is 586 g/mol. The number of aliphatic carboxylic acids is 1. The molecule has 0 spiro atoms. The molecule has 3 aromatic rings. The summed E-state index contributed by atoms with van der Waals surface area (Å²) in [5, 5.41) is 11.8. The second kappa shape index (κ2) is 14.2. The zero-order valence-corrected chi connectivity index (χ0v) is 25.9. The first-order chi connectivity index (χ1) is 20.9. The van der Waals surface area contributed by atoms with Gasteiger partial charge >= 0.3 is 12.1 Å². The van der Waals surface area contributed by atoms with E-state index in [4.69, 9.17) is 21.4 Å². The van der Waals surface area contributed by atoms with Crippen LogP contribution in [-0.4, -0.2) is 88.3 Å². The molecule has 0 atom stereocenters. The molecule has 2 aromatic heterocycles. The summed E-state index contributed by atoms with van der Waals surface area (Å²) in [5.74, 6) is 0.00739. The number of nitrogens with one attached hydrogen (secondary N) is 1. The predicted octanol–water partition coefficient (Wildman–Crippen LogP) is 4.10. The summed E-state index contributed by atoms with van der Waals surface area (Å²) < 4.78 is 5.18. The average Bonchev–Trinajstić information content (AvgIpc) is 2.98. The summed E-state index contributed by atoms with van der Waals surface area (Å²) in [5.41, 5.74) is 2.68. The van der Waals surface area contributed by atoms with Crippen LogP contribution in [0.25, 0.3) is 17.2 Å². The lowest BCUT2D eigenvalue weighted by Crippen LogP contribution is -2.47. The molecule has 3 heterocycles. The number of hydrogen-bond donors (Lipinski definition) is 2. The number of pyridine rings is 1. The number of hydrogen-bond acceptors (Lipinski definition) is 9. The van der Waals surface area contributed by atoms with Crippen molar-refractivity contribution in [3.8, 4) is 11.1 Å². The van der Waals surface area contributed by atoms with Gasteiger partial charge < -0.3 is 29.9 Å². The summed E-state index contributed by atoms with van der Waals surface area (Å²) >= 11 is 6.44. The molecule has 0 bridgehead atoms. The Morgan fingerprint density at radius 2 is 1.70 bits per heavy atom. The molecule has 1 aliphatic rings. The number of nitrogens with zero attached hydrogens (tertiary/aromatic N) is 6. The Morgan fingerprint density at radius 1 is 1.02 bits per heavy atom. The van der Waals surface area contributed by atoms with Crippen molar-refractivity contribution in [2.24, 2.45) is 0 Å². The van der Waals surface area contributed by atoms with Gasteiger partial charge in [0.15, 0.2) is 0 Å². The molecule has 1 saturated heterocycles. The second-order valence-corrected chi connectivity index (χ2v) is 11.7. The Kier molecular flexibility index (Phi) is 10.4. The van der Waals surface area contributed by atoms with Gasteiger partial charge in [-0.25, -0.2) is 24.5 Å². The standard InChI is InChI=1S/C31H36ClN7O5/c1-31(2,3)44-30(43)36-19-26(40)37(4)20-22-6-5-7-23(14-22)24-17-34-29(35-18-24)39-12-10-38(11-13-39)28-25(32)15-21(16-33-28)8-9-27(41)42/h5-9,14-18H,10-13,19-20H2,1-4H3,(H,36,43)(H,41,42)/b9-8+. The molecule has 4 rings (SSSR count). The van der Waals surface area contributed by atoms with Gasteiger partial charge in [0.2, 0.25) is 11.9 Å². The van der Waals surface area contributed by atoms with Crippen molar-refractivity contribution in [3.63, 3.8) is 0 Å². The molecule has 2 amide bonds. The summed E-state index contributed by atoms with van der Waals surface area (Å²) in [4.78, 5) is 54.5. The van der Waals surface area contributed by atoms with Crippen LogP contribution in [0.15, 0.2) is 55.0 Å². The van der Waals surface area contributed by atoms with E-state index in [1.165, 1.54) is 6.08 Å². The van der Waals surface area contributed by atoms with Gasteiger partial charge in [0, 0.05) is 70.0 Å². The summed E-state index contributed by atoms with van der Waals surface area (Å²) in [7, 11) is 1.68. The molecule has 2 N–H and O–H groups in total. The molecule has 0 saturated carbocycles. The smallest absolute Gasteiger partial charge is 0.408 e. The Bertz CT molecular complexity index is 1520. The number of halogens is 1. The zero-order chi connectivity index (χ0) is 31.9. The van der Waals surface area contributed by atoms with E-state index in [1.807, 2.05) is 24.3 Å². The predicted molar refractivity (Wildman–Crippen MR) is 169 cm³/mol. The maximum absolute atomic E-state index is 12.5. The molecule has 1 aromatic carbocycles. The maximum Gasteiger partial charge on any atom is 0.408 e. The highest BCUT2D eigenvalue weighted by Crippen LogP contribution is 2.27. The number of alkyl carbamates (subject to hydrolysis) is 1. The van der Waals surface area contributed by atoms with Crippen molar-refractivity contribution in [2.75, 3.05) is 49.6 Å². The van der Waals surface area contributed by atoms with Crippen LogP contribution in [0.2, 0.25) is 5.02 Å². The van der Waals surface area contributed by atoms with Crippen LogP contribution in [0.4, 0.5) is 16.6 Å². The number of likely N-dealkylation sites (N-methyl/N-ethyl adjacent to an activating group) is 1. The molecule has 232 valence electrons. The summed E-state index contributed by atoms with van der Waals surface area (Å²) in [6.07, 6.45) is 7.04. The van der Waals surface area contributed by atoms with Crippen LogP contribution in [0.1, 0.15) is 31.9 Å². The Labute approximate surface area is 261 Å². The molecule has 12 nitrogen and oxygen atoms in total. The Balaban J connectivity index is 1.31. The molecule has 44 heavy (non-hydrogen) atoms. The van der Waals surface area contributed by atoms with Crippen molar-refractivity contribution in [3.05, 3.63) is 71.1 Å². The molecule has 0 unspecified atom stereocenters. The minimum Gasteiger partial charge on any atom is -0.478 e. The van der Waals surface area contributed by atoms with Gasteiger partial charge in [0.1, 0.15) is 18.0 Å². The highest BCUT2D eigenvalue weighted by Gasteiger charge is 2.22. The van der Waals surface area contributed by atoms with E-state index in [1.54, 1.807) is 57.4 Å². The topological polar surface area (TPSA) is 141 Å². The normalized spacial score (nSPS) is 13.6. The van der Waals surface area contributed by atoms with Crippen LogP contribution in [0.3, 0.4) is 0 Å². The lowest BCUT2D eigenvalue weighted by atomic mass is 10.1. The quantitative estimate of drug-likeness (QED) is 0.335. The first-order valence-electron chi connectivity index (χ1n) is 14.1. The number of carbonyl (C=O) groups is 3. The fourth-order valence-corrected chi connectivity index (χ4v) is 4.79. The van der Waals surface area contributed by atoms with Crippen molar-refractivity contribution in [2.45, 2.75) is 32.9 Å². The fraction of sp³-hybridized carbons (Fsp3) is 0.355. The number of carboxylic acid groups (broad SMARTS) is 1. The van der Waals surface area contributed by atoms with Crippen LogP contribution < -0.4 is 15.1 Å². The second-order valence-electron chi connectivity index (χ2n) is 11.3. The highest BCUT2D eigenvalue weighted by molar-refractivity contribution is 6.33. The monoisotopic (exact) mass is 621 g/mol. The number of anilines is 2. The van der Waals surface area contributed by atoms with Crippen LogP contribution in [-0.2, 0) is 20.9 Å². The van der Waals surface area contributed by atoms with Gasteiger partial charge in [0.05, 0.1) is 5.02 Å². The van der Waals surface area contributed by atoms with Crippen molar-refractivity contribution >= 4 is 47.4 Å². The molecule has 1 fully saturated rings. The first kappa shape index (κ1) is 32.2. The SMILES string of the molecule is CN(Cc1cccc(-c2cnc(N3CCN(c4ncc(/C=C/C(=O)O)cc4Cl)CC3)nc2)c1)C(=O)CNC(=O)OC(C)(C)C. The van der Waals surface area contributed by atoms with E-state index in [0.717, 1.165) is 22.8 Å². The minimum absolute atomic E-state index is 0.156.